The van der Waals surface area contributed by atoms with Gasteiger partial charge in [0.05, 0.1) is 10.6 Å². The van der Waals surface area contributed by atoms with Gasteiger partial charge in [0, 0.05) is 6.04 Å². The Hall–Kier alpha value is -0.910. The van der Waals surface area contributed by atoms with Gasteiger partial charge in [-0.05, 0) is 31.1 Å². The van der Waals surface area contributed by atoms with Gasteiger partial charge >= 0.3 is 0 Å². The van der Waals surface area contributed by atoms with E-state index in [1.165, 1.54) is 0 Å². The first kappa shape index (κ1) is 11.6. The van der Waals surface area contributed by atoms with Crippen LogP contribution in [-0.2, 0) is 9.84 Å². The van der Waals surface area contributed by atoms with Crippen molar-refractivity contribution in [2.24, 2.45) is 5.73 Å². The Morgan fingerprint density at radius 3 is 2.88 bits per heavy atom. The van der Waals surface area contributed by atoms with Gasteiger partial charge in [-0.2, -0.15) is 0 Å². The van der Waals surface area contributed by atoms with E-state index < -0.39 is 9.84 Å². The molecule has 1 atom stereocenters. The molecule has 1 unspecified atom stereocenters. The average Bonchev–Trinajstić information content (AvgIpc) is 2.52. The van der Waals surface area contributed by atoms with Gasteiger partial charge in [0.25, 0.3) is 0 Å². The maximum atomic E-state index is 11.8. The second kappa shape index (κ2) is 4.53. The quantitative estimate of drug-likeness (QED) is 0.750. The largest absolute Gasteiger partial charge is 0.330 e. The number of sulfone groups is 1. The fraction of sp³-hybridized carbons (Fsp3) is 0.455. The zero-order valence-electron chi connectivity index (χ0n) is 9.02. The maximum Gasteiger partial charge on any atom is 0.180 e. The smallest absolute Gasteiger partial charge is 0.180 e. The third-order valence-electron chi connectivity index (χ3n) is 2.79. The first-order valence-corrected chi connectivity index (χ1v) is 7.05. The third-order valence-corrected chi connectivity index (χ3v) is 4.60. The molecule has 1 aromatic carbocycles. The molecule has 16 heavy (non-hydrogen) atoms. The van der Waals surface area contributed by atoms with Crippen molar-refractivity contribution in [3.8, 4) is 0 Å². The normalized spacial score (nSPS) is 21.9. The van der Waals surface area contributed by atoms with Crippen LogP contribution in [0.3, 0.4) is 0 Å². The summed E-state index contributed by atoms with van der Waals surface area (Å²) in [5.74, 6) is 0.164. The minimum absolute atomic E-state index is 0.0762. The summed E-state index contributed by atoms with van der Waals surface area (Å²) in [7, 11) is -3.09. The molecule has 0 spiro atoms. The van der Waals surface area contributed by atoms with E-state index in [0.29, 0.717) is 11.4 Å². The monoisotopic (exact) mass is 240 g/mol. The van der Waals surface area contributed by atoms with E-state index in [4.69, 9.17) is 5.73 Å². The van der Waals surface area contributed by atoms with Crippen molar-refractivity contribution < 1.29 is 8.42 Å². The summed E-state index contributed by atoms with van der Waals surface area (Å²) in [4.78, 5) is 0.472. The summed E-state index contributed by atoms with van der Waals surface area (Å²) in [6, 6.07) is 7.11. The standard InChI is InChI=1S/C11H16N2O2S/c12-6-3-7-13-10-8-16(14,15)11-5-2-1-4-9(10)11/h1-2,4-5,10,13H,3,6-8,12H2. The van der Waals surface area contributed by atoms with Gasteiger partial charge in [0.15, 0.2) is 9.84 Å². The molecule has 1 aliphatic heterocycles. The first-order valence-electron chi connectivity index (χ1n) is 5.40. The van der Waals surface area contributed by atoms with Crippen molar-refractivity contribution in [2.45, 2.75) is 17.4 Å². The van der Waals surface area contributed by atoms with Crippen molar-refractivity contribution >= 4 is 9.84 Å². The number of nitrogens with two attached hydrogens (primary N) is 1. The van der Waals surface area contributed by atoms with Crippen LogP contribution >= 0.6 is 0 Å². The van der Waals surface area contributed by atoms with Gasteiger partial charge in [0.1, 0.15) is 0 Å². The van der Waals surface area contributed by atoms with Crippen LogP contribution < -0.4 is 11.1 Å². The third kappa shape index (κ3) is 2.11. The van der Waals surface area contributed by atoms with Crippen molar-refractivity contribution in [1.82, 2.24) is 5.32 Å². The molecule has 1 aromatic rings. The minimum atomic E-state index is -3.09. The number of hydrogen-bond acceptors (Lipinski definition) is 4. The summed E-state index contributed by atoms with van der Waals surface area (Å²) in [6.45, 7) is 1.37. The highest BCUT2D eigenvalue weighted by Crippen LogP contribution is 2.32. The first-order chi connectivity index (χ1) is 7.65. The fourth-order valence-electron chi connectivity index (χ4n) is 2.00. The van der Waals surface area contributed by atoms with Crippen LogP contribution in [0.2, 0.25) is 0 Å². The molecule has 3 N–H and O–H groups in total. The van der Waals surface area contributed by atoms with Crippen LogP contribution in [0.4, 0.5) is 0 Å². The van der Waals surface area contributed by atoms with Crippen LogP contribution in [0.1, 0.15) is 18.0 Å². The lowest BCUT2D eigenvalue weighted by atomic mass is 10.1. The Bertz CT molecular complexity index is 471. The lowest BCUT2D eigenvalue weighted by Gasteiger charge is -2.11. The van der Waals surface area contributed by atoms with Gasteiger partial charge in [-0.15, -0.1) is 0 Å². The van der Waals surface area contributed by atoms with E-state index in [1.807, 2.05) is 12.1 Å². The number of fused-ring (bicyclic) bond motifs is 1. The summed E-state index contributed by atoms with van der Waals surface area (Å²) in [5.41, 5.74) is 6.29. The molecule has 4 nitrogen and oxygen atoms in total. The molecule has 1 heterocycles. The van der Waals surface area contributed by atoms with Crippen LogP contribution in [0.15, 0.2) is 29.2 Å². The maximum absolute atomic E-state index is 11.8. The second-order valence-corrected chi connectivity index (χ2v) is 5.97. The highest BCUT2D eigenvalue weighted by molar-refractivity contribution is 7.91. The van der Waals surface area contributed by atoms with Gasteiger partial charge in [0.2, 0.25) is 0 Å². The Kier molecular flexibility index (Phi) is 3.28. The molecule has 88 valence electrons. The zero-order chi connectivity index (χ0) is 11.6. The molecule has 1 aliphatic rings. The minimum Gasteiger partial charge on any atom is -0.330 e. The highest BCUT2D eigenvalue weighted by atomic mass is 32.2. The molecule has 0 amide bonds. The second-order valence-electron chi connectivity index (χ2n) is 3.97. The predicted octanol–water partition coefficient (Wildman–Crippen LogP) is 0.453. The van der Waals surface area contributed by atoms with Crippen molar-refractivity contribution in [2.75, 3.05) is 18.8 Å². The summed E-state index contributed by atoms with van der Waals surface area (Å²) < 4.78 is 23.7. The molecular formula is C11H16N2O2S. The van der Waals surface area contributed by atoms with Gasteiger partial charge < -0.3 is 11.1 Å². The van der Waals surface area contributed by atoms with Gasteiger partial charge in [-0.25, -0.2) is 8.42 Å². The Labute approximate surface area is 95.8 Å². The summed E-state index contributed by atoms with van der Waals surface area (Å²) >= 11 is 0. The lowest BCUT2D eigenvalue weighted by Crippen LogP contribution is -2.25. The van der Waals surface area contributed by atoms with Crippen LogP contribution in [0.25, 0.3) is 0 Å². The van der Waals surface area contributed by atoms with Gasteiger partial charge in [-0.1, -0.05) is 18.2 Å². The van der Waals surface area contributed by atoms with E-state index in [9.17, 15) is 8.42 Å². The van der Waals surface area contributed by atoms with Crippen LogP contribution in [0, 0.1) is 0 Å². The Morgan fingerprint density at radius 1 is 1.38 bits per heavy atom. The number of rotatable bonds is 4. The topological polar surface area (TPSA) is 72.2 Å². The number of benzene rings is 1. The molecule has 2 rings (SSSR count). The number of hydrogen-bond donors (Lipinski definition) is 2. The predicted molar refractivity (Wildman–Crippen MR) is 62.9 cm³/mol. The highest BCUT2D eigenvalue weighted by Gasteiger charge is 2.33. The van der Waals surface area contributed by atoms with Crippen molar-refractivity contribution in [1.29, 1.82) is 0 Å². The Balaban J connectivity index is 2.20. The molecule has 0 radical (unpaired) electrons. The van der Waals surface area contributed by atoms with E-state index in [2.05, 4.69) is 5.32 Å². The molecule has 0 fully saturated rings. The number of nitrogens with one attached hydrogen (secondary N) is 1. The van der Waals surface area contributed by atoms with Gasteiger partial charge in [-0.3, -0.25) is 0 Å². The summed E-state index contributed by atoms with van der Waals surface area (Å²) in [5, 5.41) is 3.24. The molecule has 0 saturated carbocycles. The SMILES string of the molecule is NCCCNC1CS(=O)(=O)c2ccccc21. The fourth-order valence-corrected chi connectivity index (χ4v) is 3.77. The molecule has 0 aliphatic carbocycles. The molecular weight excluding hydrogens is 224 g/mol. The van der Waals surface area contributed by atoms with Crippen molar-refractivity contribution in [3.05, 3.63) is 29.8 Å². The zero-order valence-corrected chi connectivity index (χ0v) is 9.83. The van der Waals surface area contributed by atoms with Crippen LogP contribution in [0.5, 0.6) is 0 Å². The molecule has 0 saturated heterocycles. The Morgan fingerprint density at radius 2 is 2.12 bits per heavy atom. The summed E-state index contributed by atoms with van der Waals surface area (Å²) in [6.07, 6.45) is 0.860. The molecule has 0 aromatic heterocycles. The van der Waals surface area contributed by atoms with Crippen LogP contribution in [-0.4, -0.2) is 27.3 Å². The van der Waals surface area contributed by atoms with E-state index in [0.717, 1.165) is 18.5 Å². The average molecular weight is 240 g/mol. The van der Waals surface area contributed by atoms with E-state index in [-0.39, 0.29) is 11.8 Å². The lowest BCUT2D eigenvalue weighted by molar-refractivity contribution is 0.557. The molecule has 0 bridgehead atoms. The van der Waals surface area contributed by atoms with E-state index >= 15 is 0 Å². The van der Waals surface area contributed by atoms with Crippen molar-refractivity contribution in [3.63, 3.8) is 0 Å². The van der Waals surface area contributed by atoms with E-state index in [1.54, 1.807) is 12.1 Å². The molecule has 5 heteroatoms.